The fourth-order valence-corrected chi connectivity index (χ4v) is 3.05. The Hall–Kier alpha value is -1.10. The van der Waals surface area contributed by atoms with Crippen molar-refractivity contribution in [2.45, 2.75) is 26.4 Å². The Kier molecular flexibility index (Phi) is 4.24. The number of nitrogens with one attached hydrogen (secondary N) is 1. The first kappa shape index (κ1) is 13.9. The van der Waals surface area contributed by atoms with Crippen LogP contribution in [0.5, 0.6) is 0 Å². The molecule has 0 amide bonds. The van der Waals surface area contributed by atoms with Crippen molar-refractivity contribution >= 4 is 22.6 Å². The molecule has 3 rings (SSSR count). The van der Waals surface area contributed by atoms with E-state index in [1.807, 2.05) is 18.2 Å². The third kappa shape index (κ3) is 2.82. The van der Waals surface area contributed by atoms with Gasteiger partial charge in [-0.05, 0) is 44.6 Å². The number of nitrogens with zero attached hydrogens (tertiary/aromatic N) is 3. The van der Waals surface area contributed by atoms with Crippen molar-refractivity contribution in [1.82, 2.24) is 19.8 Å². The minimum Gasteiger partial charge on any atom is -0.327 e. The summed E-state index contributed by atoms with van der Waals surface area (Å²) in [7, 11) is 0. The summed E-state index contributed by atoms with van der Waals surface area (Å²) in [6.07, 6.45) is 1.21. The van der Waals surface area contributed by atoms with E-state index in [-0.39, 0.29) is 0 Å². The molecule has 0 saturated carbocycles. The zero-order valence-corrected chi connectivity index (χ0v) is 12.7. The SMILES string of the molecule is CCn1c(CN2CCCNCC2)nc2ccc(Cl)cc21. The van der Waals surface area contributed by atoms with Crippen LogP contribution in [0.4, 0.5) is 0 Å². The second-order valence-electron chi connectivity index (χ2n) is 5.29. The number of aryl methyl sites for hydroxylation is 1. The molecule has 0 bridgehead atoms. The Bertz CT molecular complexity index is 585. The quantitative estimate of drug-likeness (QED) is 0.944. The first-order chi connectivity index (χ1) is 9.78. The normalized spacial score (nSPS) is 17.5. The predicted molar refractivity (Wildman–Crippen MR) is 83.2 cm³/mol. The van der Waals surface area contributed by atoms with E-state index < -0.39 is 0 Å². The van der Waals surface area contributed by atoms with E-state index >= 15 is 0 Å². The summed E-state index contributed by atoms with van der Waals surface area (Å²) in [5, 5.41) is 4.21. The van der Waals surface area contributed by atoms with Gasteiger partial charge in [0.05, 0.1) is 17.6 Å². The molecule has 1 aromatic heterocycles. The summed E-state index contributed by atoms with van der Waals surface area (Å²) < 4.78 is 2.28. The average molecular weight is 293 g/mol. The van der Waals surface area contributed by atoms with E-state index in [0.29, 0.717) is 0 Å². The van der Waals surface area contributed by atoms with Gasteiger partial charge in [0, 0.05) is 24.7 Å². The molecule has 108 valence electrons. The molecule has 2 aromatic rings. The molecule has 1 saturated heterocycles. The maximum absolute atomic E-state index is 6.11. The van der Waals surface area contributed by atoms with Crippen molar-refractivity contribution in [1.29, 1.82) is 0 Å². The standard InChI is InChI=1S/C15H21ClN4/c1-2-20-14-10-12(16)4-5-13(14)18-15(20)11-19-8-3-6-17-7-9-19/h4-5,10,17H,2-3,6-9,11H2,1H3. The highest BCUT2D eigenvalue weighted by Crippen LogP contribution is 2.21. The van der Waals surface area contributed by atoms with Gasteiger partial charge in [-0.1, -0.05) is 11.6 Å². The predicted octanol–water partition coefficient (Wildman–Crippen LogP) is 2.50. The maximum Gasteiger partial charge on any atom is 0.124 e. The lowest BCUT2D eigenvalue weighted by Gasteiger charge is -2.19. The Morgan fingerprint density at radius 3 is 3.05 bits per heavy atom. The van der Waals surface area contributed by atoms with Gasteiger partial charge in [0.15, 0.2) is 0 Å². The average Bonchev–Trinajstić information content (AvgIpc) is 2.61. The molecule has 5 heteroatoms. The van der Waals surface area contributed by atoms with E-state index in [4.69, 9.17) is 16.6 Å². The summed E-state index contributed by atoms with van der Waals surface area (Å²) >= 11 is 6.11. The van der Waals surface area contributed by atoms with Crippen LogP contribution in [0.15, 0.2) is 18.2 Å². The van der Waals surface area contributed by atoms with E-state index in [1.165, 1.54) is 6.42 Å². The van der Waals surface area contributed by atoms with E-state index in [2.05, 4.69) is 21.7 Å². The lowest BCUT2D eigenvalue weighted by molar-refractivity contribution is 0.274. The fraction of sp³-hybridized carbons (Fsp3) is 0.533. The number of rotatable bonds is 3. The van der Waals surface area contributed by atoms with Crippen LogP contribution >= 0.6 is 11.6 Å². The van der Waals surface area contributed by atoms with Crippen molar-refractivity contribution < 1.29 is 0 Å². The summed E-state index contributed by atoms with van der Waals surface area (Å²) in [6.45, 7) is 8.43. The number of hydrogen-bond acceptors (Lipinski definition) is 3. The van der Waals surface area contributed by atoms with Crippen LogP contribution in [0, 0.1) is 0 Å². The minimum absolute atomic E-state index is 0.776. The second kappa shape index (κ2) is 6.12. The van der Waals surface area contributed by atoms with Crippen molar-refractivity contribution in [3.63, 3.8) is 0 Å². The van der Waals surface area contributed by atoms with Crippen LogP contribution < -0.4 is 5.32 Å². The molecule has 1 aromatic carbocycles. The maximum atomic E-state index is 6.11. The number of fused-ring (bicyclic) bond motifs is 1. The Labute approximate surface area is 124 Å². The molecule has 0 spiro atoms. The van der Waals surface area contributed by atoms with Gasteiger partial charge in [0.1, 0.15) is 5.82 Å². The van der Waals surface area contributed by atoms with Gasteiger partial charge in [-0.2, -0.15) is 0 Å². The summed E-state index contributed by atoms with van der Waals surface area (Å²) in [4.78, 5) is 7.27. The fourth-order valence-electron chi connectivity index (χ4n) is 2.88. The molecule has 1 aliphatic rings. The van der Waals surface area contributed by atoms with Crippen LogP contribution in [0.2, 0.25) is 5.02 Å². The van der Waals surface area contributed by atoms with E-state index in [0.717, 1.165) is 61.1 Å². The van der Waals surface area contributed by atoms with Crippen molar-refractivity contribution in [2.24, 2.45) is 0 Å². The van der Waals surface area contributed by atoms with Crippen molar-refractivity contribution in [3.05, 3.63) is 29.0 Å². The lowest BCUT2D eigenvalue weighted by Crippen LogP contribution is -2.29. The Balaban J connectivity index is 1.90. The molecule has 0 atom stereocenters. The van der Waals surface area contributed by atoms with Crippen molar-refractivity contribution in [2.75, 3.05) is 26.2 Å². The smallest absolute Gasteiger partial charge is 0.124 e. The van der Waals surface area contributed by atoms with E-state index in [9.17, 15) is 0 Å². The molecule has 4 nitrogen and oxygen atoms in total. The second-order valence-corrected chi connectivity index (χ2v) is 5.72. The highest BCUT2D eigenvalue weighted by atomic mass is 35.5. The first-order valence-electron chi connectivity index (χ1n) is 7.35. The minimum atomic E-state index is 0.776. The first-order valence-corrected chi connectivity index (χ1v) is 7.73. The number of hydrogen-bond donors (Lipinski definition) is 1. The van der Waals surface area contributed by atoms with Crippen LogP contribution in [0.25, 0.3) is 11.0 Å². The summed E-state index contributed by atoms with van der Waals surface area (Å²) in [5.41, 5.74) is 2.18. The summed E-state index contributed by atoms with van der Waals surface area (Å²) in [6, 6.07) is 5.94. The monoisotopic (exact) mass is 292 g/mol. The van der Waals surface area contributed by atoms with Gasteiger partial charge in [0.2, 0.25) is 0 Å². The number of halogens is 1. The van der Waals surface area contributed by atoms with Gasteiger partial charge in [0.25, 0.3) is 0 Å². The third-order valence-corrected chi connectivity index (χ3v) is 4.14. The summed E-state index contributed by atoms with van der Waals surface area (Å²) in [5.74, 6) is 1.15. The van der Waals surface area contributed by atoms with Gasteiger partial charge in [-0.3, -0.25) is 4.90 Å². The van der Waals surface area contributed by atoms with Gasteiger partial charge < -0.3 is 9.88 Å². The van der Waals surface area contributed by atoms with Crippen LogP contribution in [0.1, 0.15) is 19.2 Å². The molecular formula is C15H21ClN4. The zero-order valence-electron chi connectivity index (χ0n) is 11.9. The molecule has 0 aliphatic carbocycles. The highest BCUT2D eigenvalue weighted by molar-refractivity contribution is 6.31. The molecule has 1 fully saturated rings. The molecule has 1 N–H and O–H groups in total. The highest BCUT2D eigenvalue weighted by Gasteiger charge is 2.15. The number of aromatic nitrogens is 2. The van der Waals surface area contributed by atoms with E-state index in [1.54, 1.807) is 0 Å². The van der Waals surface area contributed by atoms with Gasteiger partial charge >= 0.3 is 0 Å². The molecule has 0 unspecified atom stereocenters. The Morgan fingerprint density at radius 1 is 1.30 bits per heavy atom. The largest absolute Gasteiger partial charge is 0.327 e. The van der Waals surface area contributed by atoms with Gasteiger partial charge in [-0.25, -0.2) is 4.98 Å². The van der Waals surface area contributed by atoms with Gasteiger partial charge in [-0.15, -0.1) is 0 Å². The number of imidazole rings is 1. The third-order valence-electron chi connectivity index (χ3n) is 3.90. The van der Waals surface area contributed by atoms with Crippen LogP contribution in [0.3, 0.4) is 0 Å². The molecule has 0 radical (unpaired) electrons. The lowest BCUT2D eigenvalue weighted by atomic mass is 10.3. The molecule has 2 heterocycles. The Morgan fingerprint density at radius 2 is 2.20 bits per heavy atom. The molecular weight excluding hydrogens is 272 g/mol. The van der Waals surface area contributed by atoms with Crippen LogP contribution in [-0.4, -0.2) is 40.6 Å². The zero-order chi connectivity index (χ0) is 13.9. The number of benzene rings is 1. The van der Waals surface area contributed by atoms with Crippen LogP contribution in [-0.2, 0) is 13.1 Å². The molecule has 1 aliphatic heterocycles. The topological polar surface area (TPSA) is 33.1 Å². The van der Waals surface area contributed by atoms with Crippen molar-refractivity contribution in [3.8, 4) is 0 Å². The molecule has 20 heavy (non-hydrogen) atoms.